The van der Waals surface area contributed by atoms with Crippen LogP contribution in [0.25, 0.3) is 0 Å². The van der Waals surface area contributed by atoms with Crippen LogP contribution >= 0.6 is 11.6 Å². The van der Waals surface area contributed by atoms with E-state index in [1.54, 1.807) is 7.05 Å². The Bertz CT molecular complexity index is 1200. The lowest BCUT2D eigenvalue weighted by Crippen LogP contribution is -2.34. The Morgan fingerprint density at radius 3 is 2.88 bits per heavy atom. The van der Waals surface area contributed by atoms with Gasteiger partial charge < -0.3 is 10.5 Å². The lowest BCUT2D eigenvalue weighted by Gasteiger charge is -2.32. The number of sulfonamides is 1. The van der Waals surface area contributed by atoms with Crippen LogP contribution in [-0.4, -0.2) is 37.4 Å². The zero-order chi connectivity index (χ0) is 22.7. The molecule has 1 aliphatic carbocycles. The number of hydrogen-bond donors (Lipinski definition) is 2. The summed E-state index contributed by atoms with van der Waals surface area (Å²) in [6.45, 7) is 0.364. The van der Waals surface area contributed by atoms with E-state index >= 15 is 0 Å². The Balaban J connectivity index is 1.41. The van der Waals surface area contributed by atoms with E-state index in [0.29, 0.717) is 5.75 Å². The van der Waals surface area contributed by atoms with Crippen LogP contribution in [0.5, 0.6) is 5.75 Å². The van der Waals surface area contributed by atoms with Crippen molar-refractivity contribution in [2.45, 2.75) is 36.1 Å². The Kier molecular flexibility index (Phi) is 6.85. The van der Waals surface area contributed by atoms with Crippen LogP contribution < -0.4 is 15.2 Å². The standard InChI is InChI=1S/C23H27ClN4O3S/c1-28-15-20(14-26-28)32(29,30)27-9-10-31-19-7-5-17-6-8-23(25)22(21(17)13-19)12-16-3-2-4-18(24)11-16/h2-5,7,11,13-15,22-23,27H,6,8-10,12,25H2,1H3. The van der Waals surface area contributed by atoms with E-state index in [-0.39, 0.29) is 30.0 Å². The van der Waals surface area contributed by atoms with E-state index in [9.17, 15) is 8.42 Å². The number of hydrogen-bond acceptors (Lipinski definition) is 5. The lowest BCUT2D eigenvalue weighted by molar-refractivity contribution is 0.321. The summed E-state index contributed by atoms with van der Waals surface area (Å²) >= 11 is 6.16. The van der Waals surface area contributed by atoms with Crippen molar-refractivity contribution >= 4 is 21.6 Å². The Morgan fingerprint density at radius 2 is 2.12 bits per heavy atom. The maximum atomic E-state index is 12.3. The molecule has 1 heterocycles. The van der Waals surface area contributed by atoms with Gasteiger partial charge in [-0.2, -0.15) is 5.10 Å². The highest BCUT2D eigenvalue weighted by atomic mass is 35.5. The average Bonchev–Trinajstić information content (AvgIpc) is 3.21. The van der Waals surface area contributed by atoms with Gasteiger partial charge in [-0.25, -0.2) is 13.1 Å². The number of nitrogens with zero attached hydrogens (tertiary/aromatic N) is 2. The number of ether oxygens (including phenoxy) is 1. The van der Waals surface area contributed by atoms with E-state index < -0.39 is 10.0 Å². The zero-order valence-electron chi connectivity index (χ0n) is 17.9. The maximum absolute atomic E-state index is 12.3. The molecule has 32 heavy (non-hydrogen) atoms. The molecule has 3 aromatic rings. The van der Waals surface area contributed by atoms with Crippen LogP contribution in [0.1, 0.15) is 29.0 Å². The van der Waals surface area contributed by atoms with Gasteiger partial charge in [-0.05, 0) is 60.2 Å². The van der Waals surface area contributed by atoms with Crippen molar-refractivity contribution in [3.8, 4) is 5.75 Å². The SMILES string of the molecule is Cn1cc(S(=O)(=O)NCCOc2ccc3c(c2)C(Cc2cccc(Cl)c2)C(N)CC3)cn1. The fourth-order valence-electron chi connectivity index (χ4n) is 4.13. The molecule has 1 aromatic heterocycles. The smallest absolute Gasteiger partial charge is 0.243 e. The molecule has 0 bridgehead atoms. The fraction of sp³-hybridized carbons (Fsp3) is 0.348. The molecule has 2 aromatic carbocycles. The number of benzene rings is 2. The minimum absolute atomic E-state index is 0.0584. The summed E-state index contributed by atoms with van der Waals surface area (Å²) in [7, 11) is -1.93. The molecule has 3 N–H and O–H groups in total. The first-order valence-corrected chi connectivity index (χ1v) is 12.4. The molecule has 2 atom stereocenters. The van der Waals surface area contributed by atoms with Crippen molar-refractivity contribution in [1.29, 1.82) is 0 Å². The van der Waals surface area contributed by atoms with Crippen molar-refractivity contribution in [3.05, 3.63) is 76.6 Å². The van der Waals surface area contributed by atoms with E-state index in [0.717, 1.165) is 29.8 Å². The number of aryl methyl sites for hydroxylation is 2. The Hall–Kier alpha value is -2.39. The molecule has 0 amide bonds. The highest BCUT2D eigenvalue weighted by molar-refractivity contribution is 7.89. The third-order valence-electron chi connectivity index (χ3n) is 5.78. The zero-order valence-corrected chi connectivity index (χ0v) is 19.4. The number of halogens is 1. The van der Waals surface area contributed by atoms with Crippen molar-refractivity contribution in [3.63, 3.8) is 0 Å². The second kappa shape index (κ2) is 9.62. The Labute approximate surface area is 193 Å². The van der Waals surface area contributed by atoms with Gasteiger partial charge in [0, 0.05) is 36.8 Å². The number of fused-ring (bicyclic) bond motifs is 1. The van der Waals surface area contributed by atoms with Gasteiger partial charge in [0.25, 0.3) is 0 Å². The van der Waals surface area contributed by atoms with E-state index in [4.69, 9.17) is 22.1 Å². The van der Waals surface area contributed by atoms with Crippen LogP contribution in [0.3, 0.4) is 0 Å². The molecule has 2 unspecified atom stereocenters. The first-order chi connectivity index (χ1) is 15.3. The number of nitrogens with two attached hydrogens (primary N) is 1. The van der Waals surface area contributed by atoms with Crippen LogP contribution in [0.15, 0.2) is 59.8 Å². The van der Waals surface area contributed by atoms with E-state index in [1.165, 1.54) is 28.2 Å². The van der Waals surface area contributed by atoms with Crippen LogP contribution in [0.4, 0.5) is 0 Å². The van der Waals surface area contributed by atoms with Gasteiger partial charge in [0.15, 0.2) is 0 Å². The first-order valence-electron chi connectivity index (χ1n) is 10.6. The van der Waals surface area contributed by atoms with Crippen molar-refractivity contribution in [2.24, 2.45) is 12.8 Å². The second-order valence-corrected chi connectivity index (χ2v) is 10.3. The van der Waals surface area contributed by atoms with Gasteiger partial charge in [-0.15, -0.1) is 0 Å². The minimum atomic E-state index is -3.60. The second-order valence-electron chi connectivity index (χ2n) is 8.10. The Morgan fingerprint density at radius 1 is 1.28 bits per heavy atom. The predicted octanol–water partition coefficient (Wildman–Crippen LogP) is 3.03. The van der Waals surface area contributed by atoms with Crippen LogP contribution in [-0.2, 0) is 29.9 Å². The van der Waals surface area contributed by atoms with Crippen molar-refractivity contribution < 1.29 is 13.2 Å². The molecule has 1 aliphatic rings. The molecule has 0 spiro atoms. The topological polar surface area (TPSA) is 99.2 Å². The normalized spacial score (nSPS) is 18.3. The van der Waals surface area contributed by atoms with Crippen LogP contribution in [0, 0.1) is 0 Å². The third-order valence-corrected chi connectivity index (χ3v) is 7.43. The molecule has 0 fully saturated rings. The molecule has 0 radical (unpaired) electrons. The molecule has 0 aliphatic heterocycles. The monoisotopic (exact) mass is 474 g/mol. The van der Waals surface area contributed by atoms with Gasteiger partial charge in [0.1, 0.15) is 17.3 Å². The summed E-state index contributed by atoms with van der Waals surface area (Å²) in [4.78, 5) is 0.131. The molecule has 9 heteroatoms. The molecule has 0 saturated carbocycles. The lowest BCUT2D eigenvalue weighted by atomic mass is 9.76. The van der Waals surface area contributed by atoms with Gasteiger partial charge >= 0.3 is 0 Å². The largest absolute Gasteiger partial charge is 0.492 e. The van der Waals surface area contributed by atoms with Crippen LogP contribution in [0.2, 0.25) is 5.02 Å². The summed E-state index contributed by atoms with van der Waals surface area (Å²) in [6, 6.07) is 14.0. The van der Waals surface area contributed by atoms with Gasteiger partial charge in [-0.1, -0.05) is 29.8 Å². The molecule has 7 nitrogen and oxygen atoms in total. The van der Waals surface area contributed by atoms with E-state index in [2.05, 4.69) is 22.0 Å². The number of rotatable bonds is 8. The van der Waals surface area contributed by atoms with Gasteiger partial charge in [0.05, 0.1) is 6.20 Å². The molecular weight excluding hydrogens is 448 g/mol. The van der Waals surface area contributed by atoms with Crippen molar-refractivity contribution in [2.75, 3.05) is 13.2 Å². The fourth-order valence-corrected chi connectivity index (χ4v) is 5.34. The summed E-state index contributed by atoms with van der Waals surface area (Å²) in [5.74, 6) is 0.874. The summed E-state index contributed by atoms with van der Waals surface area (Å²) < 4.78 is 34.4. The molecular formula is C23H27ClN4O3S. The summed E-state index contributed by atoms with van der Waals surface area (Å²) in [5, 5.41) is 4.62. The quantitative estimate of drug-likeness (QED) is 0.489. The molecule has 4 rings (SSSR count). The first kappa shape index (κ1) is 22.8. The van der Waals surface area contributed by atoms with Crippen molar-refractivity contribution in [1.82, 2.24) is 14.5 Å². The molecule has 170 valence electrons. The van der Waals surface area contributed by atoms with E-state index in [1.807, 2.05) is 30.3 Å². The number of nitrogens with one attached hydrogen (secondary N) is 1. The highest BCUT2D eigenvalue weighted by Crippen LogP contribution is 2.36. The highest BCUT2D eigenvalue weighted by Gasteiger charge is 2.27. The number of aromatic nitrogens is 2. The predicted molar refractivity (Wildman–Crippen MR) is 125 cm³/mol. The molecule has 0 saturated heterocycles. The average molecular weight is 475 g/mol. The maximum Gasteiger partial charge on any atom is 0.243 e. The minimum Gasteiger partial charge on any atom is -0.492 e. The van der Waals surface area contributed by atoms with Gasteiger partial charge in [0.2, 0.25) is 10.0 Å². The van der Waals surface area contributed by atoms with Gasteiger partial charge in [-0.3, -0.25) is 4.68 Å². The third kappa shape index (κ3) is 5.32. The summed E-state index contributed by atoms with van der Waals surface area (Å²) in [6.07, 6.45) is 5.46. The summed E-state index contributed by atoms with van der Waals surface area (Å²) in [5.41, 5.74) is 10.1.